The molecule has 1 aromatic rings. The van der Waals surface area contributed by atoms with Gasteiger partial charge in [0.1, 0.15) is 5.75 Å². The molecule has 0 amide bonds. The van der Waals surface area contributed by atoms with Crippen LogP contribution in [0.15, 0.2) is 29.3 Å². The number of thioether (sulfide) groups is 1. The Balaban J connectivity index is 1.83. The van der Waals surface area contributed by atoms with Crippen LogP contribution in [0.25, 0.3) is 0 Å². The standard InChI is InChI=1S/C15H23N3OS/c1-2-19-14-5-3-4-13(12-14)6-7-17-15(16)18-8-10-20-11-9-18/h3-5,12H,2,6-11H2,1H3,(H2,16,17). The lowest BCUT2D eigenvalue weighted by molar-refractivity contribution is 0.340. The topological polar surface area (TPSA) is 50.9 Å². The van der Waals surface area contributed by atoms with Gasteiger partial charge in [-0.05, 0) is 31.0 Å². The minimum atomic E-state index is 0.686. The largest absolute Gasteiger partial charge is 0.494 e. The van der Waals surface area contributed by atoms with Crippen molar-refractivity contribution in [2.75, 3.05) is 37.7 Å². The number of nitrogens with zero attached hydrogens (tertiary/aromatic N) is 2. The Morgan fingerprint density at radius 2 is 2.20 bits per heavy atom. The van der Waals surface area contributed by atoms with Gasteiger partial charge in [-0.15, -0.1) is 0 Å². The Morgan fingerprint density at radius 3 is 2.95 bits per heavy atom. The van der Waals surface area contributed by atoms with Crippen LogP contribution in [-0.4, -0.2) is 48.6 Å². The molecular formula is C15H23N3OS. The quantitative estimate of drug-likeness (QED) is 0.666. The Kier molecular flexibility index (Phi) is 6.05. The van der Waals surface area contributed by atoms with Gasteiger partial charge in [0, 0.05) is 31.1 Å². The summed E-state index contributed by atoms with van der Waals surface area (Å²) in [4.78, 5) is 6.66. The van der Waals surface area contributed by atoms with E-state index in [0.29, 0.717) is 12.6 Å². The number of hydrogen-bond acceptors (Lipinski definition) is 3. The van der Waals surface area contributed by atoms with Crippen molar-refractivity contribution in [1.82, 2.24) is 4.90 Å². The van der Waals surface area contributed by atoms with Gasteiger partial charge in [-0.1, -0.05) is 12.1 Å². The smallest absolute Gasteiger partial charge is 0.191 e. The van der Waals surface area contributed by atoms with Crippen LogP contribution in [0.2, 0.25) is 0 Å². The van der Waals surface area contributed by atoms with E-state index >= 15 is 0 Å². The Bertz CT molecular complexity index is 444. The average molecular weight is 293 g/mol. The summed E-state index contributed by atoms with van der Waals surface area (Å²) < 4.78 is 5.50. The van der Waals surface area contributed by atoms with Crippen molar-refractivity contribution in [1.29, 1.82) is 0 Å². The molecule has 0 aliphatic carbocycles. The summed E-state index contributed by atoms with van der Waals surface area (Å²) in [7, 11) is 0. The van der Waals surface area contributed by atoms with E-state index in [1.807, 2.05) is 30.8 Å². The molecule has 0 radical (unpaired) electrons. The highest BCUT2D eigenvalue weighted by Crippen LogP contribution is 2.14. The van der Waals surface area contributed by atoms with Crippen molar-refractivity contribution in [2.24, 2.45) is 10.7 Å². The normalized spacial score (nSPS) is 16.2. The molecule has 1 aliphatic rings. The lowest BCUT2D eigenvalue weighted by Gasteiger charge is -2.27. The number of benzene rings is 1. The molecule has 1 aromatic carbocycles. The zero-order valence-corrected chi connectivity index (χ0v) is 12.9. The number of ether oxygens (including phenoxy) is 1. The third-order valence-corrected chi connectivity index (χ3v) is 4.16. The molecule has 20 heavy (non-hydrogen) atoms. The number of hydrogen-bond donors (Lipinski definition) is 1. The van der Waals surface area contributed by atoms with E-state index in [-0.39, 0.29) is 0 Å². The van der Waals surface area contributed by atoms with Crippen LogP contribution < -0.4 is 10.5 Å². The second-order valence-corrected chi connectivity index (χ2v) is 5.89. The first-order chi connectivity index (χ1) is 9.79. The van der Waals surface area contributed by atoms with Crippen molar-refractivity contribution in [3.63, 3.8) is 0 Å². The molecule has 0 bridgehead atoms. The molecule has 0 atom stereocenters. The van der Waals surface area contributed by atoms with E-state index in [4.69, 9.17) is 10.5 Å². The minimum Gasteiger partial charge on any atom is -0.494 e. The number of rotatable bonds is 5. The van der Waals surface area contributed by atoms with Crippen molar-refractivity contribution in [3.05, 3.63) is 29.8 Å². The van der Waals surface area contributed by atoms with E-state index < -0.39 is 0 Å². The van der Waals surface area contributed by atoms with E-state index in [1.54, 1.807) is 0 Å². The van der Waals surface area contributed by atoms with Gasteiger partial charge in [-0.25, -0.2) is 0 Å². The zero-order chi connectivity index (χ0) is 14.2. The number of guanidine groups is 1. The first-order valence-corrected chi connectivity index (χ1v) is 8.29. The van der Waals surface area contributed by atoms with E-state index in [9.17, 15) is 0 Å². The molecule has 1 aliphatic heterocycles. The third kappa shape index (κ3) is 4.63. The maximum atomic E-state index is 6.03. The van der Waals surface area contributed by atoms with Crippen LogP contribution in [0.5, 0.6) is 5.75 Å². The maximum absolute atomic E-state index is 6.03. The van der Waals surface area contributed by atoms with Crippen molar-refractivity contribution >= 4 is 17.7 Å². The highest BCUT2D eigenvalue weighted by Gasteiger charge is 2.11. The lowest BCUT2D eigenvalue weighted by Crippen LogP contribution is -2.42. The monoisotopic (exact) mass is 293 g/mol. The van der Waals surface area contributed by atoms with Crippen LogP contribution in [0.3, 0.4) is 0 Å². The summed E-state index contributed by atoms with van der Waals surface area (Å²) in [5.41, 5.74) is 7.27. The molecule has 110 valence electrons. The zero-order valence-electron chi connectivity index (χ0n) is 12.0. The summed E-state index contributed by atoms with van der Waals surface area (Å²) in [5.74, 6) is 3.90. The summed E-state index contributed by atoms with van der Waals surface area (Å²) in [5, 5.41) is 0. The van der Waals surface area contributed by atoms with Crippen molar-refractivity contribution < 1.29 is 4.74 Å². The molecule has 2 rings (SSSR count). The lowest BCUT2D eigenvalue weighted by atomic mass is 10.1. The Labute approximate surface area is 125 Å². The van der Waals surface area contributed by atoms with E-state index in [2.05, 4.69) is 22.0 Å². The predicted molar refractivity (Wildman–Crippen MR) is 86.7 cm³/mol. The fourth-order valence-electron chi connectivity index (χ4n) is 2.15. The first kappa shape index (κ1) is 15.0. The van der Waals surface area contributed by atoms with Crippen LogP contribution in [0.1, 0.15) is 12.5 Å². The van der Waals surface area contributed by atoms with E-state index in [0.717, 1.165) is 43.3 Å². The van der Waals surface area contributed by atoms with Gasteiger partial charge >= 0.3 is 0 Å². The van der Waals surface area contributed by atoms with Crippen LogP contribution in [-0.2, 0) is 6.42 Å². The Hall–Kier alpha value is -1.36. The Morgan fingerprint density at radius 1 is 1.40 bits per heavy atom. The van der Waals surface area contributed by atoms with Crippen molar-refractivity contribution in [3.8, 4) is 5.75 Å². The minimum absolute atomic E-state index is 0.686. The van der Waals surface area contributed by atoms with Crippen molar-refractivity contribution in [2.45, 2.75) is 13.3 Å². The second-order valence-electron chi connectivity index (χ2n) is 4.67. The van der Waals surface area contributed by atoms with Gasteiger partial charge in [-0.3, -0.25) is 4.99 Å². The van der Waals surface area contributed by atoms with Gasteiger partial charge in [0.05, 0.1) is 6.61 Å². The molecule has 1 fully saturated rings. The second kappa shape index (κ2) is 8.04. The summed E-state index contributed by atoms with van der Waals surface area (Å²) in [6, 6.07) is 8.18. The molecule has 1 heterocycles. The van der Waals surface area contributed by atoms with Crippen LogP contribution in [0, 0.1) is 0 Å². The first-order valence-electron chi connectivity index (χ1n) is 7.14. The summed E-state index contributed by atoms with van der Waals surface area (Å²) in [6.07, 6.45) is 0.893. The van der Waals surface area contributed by atoms with Gasteiger partial charge in [0.2, 0.25) is 0 Å². The fraction of sp³-hybridized carbons (Fsp3) is 0.533. The molecular weight excluding hydrogens is 270 g/mol. The molecule has 0 unspecified atom stereocenters. The molecule has 0 spiro atoms. The van der Waals surface area contributed by atoms with Gasteiger partial charge in [0.15, 0.2) is 5.96 Å². The molecule has 2 N–H and O–H groups in total. The van der Waals surface area contributed by atoms with Gasteiger partial charge < -0.3 is 15.4 Å². The highest BCUT2D eigenvalue weighted by molar-refractivity contribution is 7.99. The van der Waals surface area contributed by atoms with Gasteiger partial charge in [-0.2, -0.15) is 11.8 Å². The molecule has 4 nitrogen and oxygen atoms in total. The van der Waals surface area contributed by atoms with Crippen LogP contribution >= 0.6 is 11.8 Å². The molecule has 5 heteroatoms. The number of nitrogens with two attached hydrogens (primary N) is 1. The molecule has 0 saturated carbocycles. The highest BCUT2D eigenvalue weighted by atomic mass is 32.2. The molecule has 1 saturated heterocycles. The third-order valence-electron chi connectivity index (χ3n) is 3.22. The van der Waals surface area contributed by atoms with Crippen LogP contribution in [0.4, 0.5) is 0 Å². The fourth-order valence-corrected chi connectivity index (χ4v) is 3.05. The molecule has 0 aromatic heterocycles. The summed E-state index contributed by atoms with van der Waals surface area (Å²) in [6.45, 7) is 5.45. The van der Waals surface area contributed by atoms with Gasteiger partial charge in [0.25, 0.3) is 0 Å². The van der Waals surface area contributed by atoms with E-state index in [1.165, 1.54) is 5.56 Å². The average Bonchev–Trinajstić information content (AvgIpc) is 2.49. The number of aliphatic imine (C=N–C) groups is 1. The maximum Gasteiger partial charge on any atom is 0.191 e. The predicted octanol–water partition coefficient (Wildman–Crippen LogP) is 1.99. The summed E-state index contributed by atoms with van der Waals surface area (Å²) >= 11 is 1.98. The SMILES string of the molecule is CCOc1cccc(CCN=C(N)N2CCSCC2)c1.